The van der Waals surface area contributed by atoms with Crippen molar-refractivity contribution in [1.82, 2.24) is 4.31 Å². The van der Waals surface area contributed by atoms with Crippen LogP contribution in [0.15, 0.2) is 63.1 Å². The minimum atomic E-state index is -5.55. The third-order valence-electron chi connectivity index (χ3n) is 5.83. The lowest BCUT2D eigenvalue weighted by Gasteiger charge is -2.41. The Hall–Kier alpha value is -4.42. The predicted molar refractivity (Wildman–Crippen MR) is 135 cm³/mol. The highest BCUT2D eigenvalue weighted by Gasteiger charge is 2.47. The Morgan fingerprint density at radius 1 is 1.07 bits per heavy atom. The van der Waals surface area contributed by atoms with Crippen molar-refractivity contribution < 1.29 is 48.6 Å². The van der Waals surface area contributed by atoms with Crippen LogP contribution in [-0.4, -0.2) is 47.6 Å². The third-order valence-corrected chi connectivity index (χ3v) is 8.60. The number of sulfonamides is 1. The van der Waals surface area contributed by atoms with Crippen molar-refractivity contribution in [1.29, 1.82) is 5.26 Å². The van der Waals surface area contributed by atoms with Crippen LogP contribution in [0.2, 0.25) is 0 Å². The average molecular weight is 634 g/mol. The fourth-order valence-corrected chi connectivity index (χ4v) is 6.51. The molecule has 0 radical (unpaired) electrons. The Morgan fingerprint density at radius 2 is 1.69 bits per heavy atom. The van der Waals surface area contributed by atoms with Crippen molar-refractivity contribution in [3.8, 4) is 6.07 Å². The van der Waals surface area contributed by atoms with Crippen molar-refractivity contribution in [2.75, 3.05) is 17.4 Å². The van der Waals surface area contributed by atoms with E-state index in [4.69, 9.17) is 6.57 Å². The SMILES string of the molecule is [C-]#[N+]C1=C(C)N(c2cccc(C(F)(F)F)c2)C(=O)N(S(C)(=O)=O)[C@@H]1c1ccc(C#N)cc1[S@](C)(=O)=NC(=O)C(F)(F)F. The van der Waals surface area contributed by atoms with Crippen LogP contribution in [0.3, 0.4) is 0 Å². The van der Waals surface area contributed by atoms with Crippen molar-refractivity contribution in [2.45, 2.75) is 30.2 Å². The molecule has 0 aliphatic carbocycles. The fraction of sp³-hybridized carbons (Fsp3) is 0.250. The number of allylic oxidation sites excluding steroid dienone is 1. The van der Waals surface area contributed by atoms with Gasteiger partial charge < -0.3 is 0 Å². The van der Waals surface area contributed by atoms with Gasteiger partial charge in [-0.1, -0.05) is 12.1 Å². The monoisotopic (exact) mass is 633 g/mol. The Balaban J connectivity index is 2.44. The van der Waals surface area contributed by atoms with Crippen LogP contribution in [0.4, 0.5) is 36.8 Å². The van der Waals surface area contributed by atoms with Gasteiger partial charge in [-0.15, -0.1) is 4.36 Å². The van der Waals surface area contributed by atoms with Crippen molar-refractivity contribution in [2.24, 2.45) is 4.36 Å². The van der Waals surface area contributed by atoms with Gasteiger partial charge in [-0.25, -0.2) is 26.6 Å². The topological polar surface area (TPSA) is 132 Å². The molecule has 18 heteroatoms. The molecule has 2 aromatic carbocycles. The van der Waals surface area contributed by atoms with Crippen LogP contribution < -0.4 is 4.90 Å². The minimum Gasteiger partial charge on any atom is -0.277 e. The van der Waals surface area contributed by atoms with E-state index in [1.54, 1.807) is 6.07 Å². The lowest BCUT2D eigenvalue weighted by Crippen LogP contribution is -2.51. The molecule has 1 aliphatic rings. The van der Waals surface area contributed by atoms with Gasteiger partial charge in [0.15, 0.2) is 0 Å². The van der Waals surface area contributed by atoms with E-state index in [0.717, 1.165) is 37.3 Å². The molecular weight excluding hydrogens is 616 g/mol. The van der Waals surface area contributed by atoms with E-state index in [-0.39, 0.29) is 15.6 Å². The van der Waals surface area contributed by atoms with E-state index in [1.165, 1.54) is 0 Å². The standard InChI is InChI=1S/C24H17F6N5O5S2/c1-13-19(32-2)20(17-9-8-14(12-31)10-18(17)41(3,38)33-21(36)24(28,29)30)35(42(4,39)40)22(37)34(13)16-7-5-6-15(11-16)23(25,26)27/h5-11,20H,1,3-4H3/t20-,41+/m1/s1. The lowest BCUT2D eigenvalue weighted by molar-refractivity contribution is -0.169. The molecule has 0 N–H and O–H groups in total. The van der Waals surface area contributed by atoms with Crippen LogP contribution in [0.5, 0.6) is 0 Å². The van der Waals surface area contributed by atoms with Gasteiger partial charge in [0.05, 0.1) is 44.6 Å². The second kappa shape index (κ2) is 10.8. The van der Waals surface area contributed by atoms with Gasteiger partial charge in [-0.05, 0) is 42.8 Å². The molecule has 0 unspecified atom stereocenters. The number of benzene rings is 2. The van der Waals surface area contributed by atoms with Gasteiger partial charge in [0.2, 0.25) is 15.7 Å². The largest absolute Gasteiger partial charge is 0.474 e. The second-order valence-corrected chi connectivity index (χ2v) is 12.9. The summed E-state index contributed by atoms with van der Waals surface area (Å²) in [4.78, 5) is 28.3. The molecule has 222 valence electrons. The molecular formula is C24H17F6N5O5S2. The molecule has 0 spiro atoms. The summed E-state index contributed by atoms with van der Waals surface area (Å²) in [7, 11) is -9.16. The molecule has 2 atom stereocenters. The first kappa shape index (κ1) is 32.1. The molecule has 0 fully saturated rings. The van der Waals surface area contributed by atoms with E-state index < -0.39 is 77.5 Å². The highest BCUT2D eigenvalue weighted by atomic mass is 32.2. The van der Waals surface area contributed by atoms with Crippen molar-refractivity contribution in [3.63, 3.8) is 0 Å². The molecule has 1 aliphatic heterocycles. The minimum absolute atomic E-state index is 0.0830. The molecule has 0 saturated heterocycles. The van der Waals surface area contributed by atoms with Crippen molar-refractivity contribution in [3.05, 3.63) is 82.0 Å². The molecule has 0 bridgehead atoms. The number of carbonyl (C=O) groups excluding carboxylic acids is 2. The molecule has 0 saturated carbocycles. The third kappa shape index (κ3) is 6.09. The smallest absolute Gasteiger partial charge is 0.277 e. The lowest BCUT2D eigenvalue weighted by atomic mass is 9.98. The number of halogens is 6. The number of hydrogen-bond donors (Lipinski definition) is 0. The van der Waals surface area contributed by atoms with E-state index in [2.05, 4.69) is 9.21 Å². The Kier molecular flexibility index (Phi) is 8.23. The van der Waals surface area contributed by atoms with Crippen LogP contribution in [0, 0.1) is 17.9 Å². The zero-order valence-corrected chi connectivity index (χ0v) is 23.1. The number of anilines is 1. The first-order valence-electron chi connectivity index (χ1n) is 11.1. The number of nitriles is 1. The Morgan fingerprint density at radius 3 is 2.19 bits per heavy atom. The molecule has 2 aromatic rings. The van der Waals surface area contributed by atoms with E-state index in [0.29, 0.717) is 29.5 Å². The number of rotatable bonds is 4. The molecule has 0 aromatic heterocycles. The summed E-state index contributed by atoms with van der Waals surface area (Å²) in [5, 5.41) is 9.32. The Labute approximate surface area is 235 Å². The van der Waals surface area contributed by atoms with E-state index in [9.17, 15) is 53.8 Å². The Bertz CT molecular complexity index is 1850. The van der Waals surface area contributed by atoms with E-state index in [1.807, 2.05) is 0 Å². The maximum absolute atomic E-state index is 13.7. The van der Waals surface area contributed by atoms with Gasteiger partial charge in [-0.3, -0.25) is 9.69 Å². The molecule has 10 nitrogen and oxygen atoms in total. The zero-order chi connectivity index (χ0) is 32.0. The molecule has 42 heavy (non-hydrogen) atoms. The summed E-state index contributed by atoms with van der Waals surface area (Å²) in [5.41, 5.74) is -3.48. The summed E-state index contributed by atoms with van der Waals surface area (Å²) in [6.45, 7) is 8.85. The van der Waals surface area contributed by atoms with Crippen LogP contribution in [-0.2, 0) is 30.7 Å². The summed E-state index contributed by atoms with van der Waals surface area (Å²) in [5.74, 6) is -2.75. The highest BCUT2D eigenvalue weighted by molar-refractivity contribution is 7.93. The first-order valence-corrected chi connectivity index (χ1v) is 14.9. The average Bonchev–Trinajstić information content (AvgIpc) is 2.86. The zero-order valence-electron chi connectivity index (χ0n) is 21.5. The fourth-order valence-electron chi connectivity index (χ4n) is 4.07. The number of urea groups is 1. The number of carbonyl (C=O) groups is 2. The van der Waals surface area contributed by atoms with Crippen LogP contribution >= 0.6 is 0 Å². The van der Waals surface area contributed by atoms with Gasteiger partial charge in [-0.2, -0.15) is 31.6 Å². The van der Waals surface area contributed by atoms with Crippen LogP contribution in [0.25, 0.3) is 4.85 Å². The number of nitrogens with zero attached hydrogens (tertiary/aromatic N) is 5. The number of alkyl halides is 6. The molecule has 1 heterocycles. The quantitative estimate of drug-likeness (QED) is 0.335. The molecule has 3 amide bonds. The van der Waals surface area contributed by atoms with E-state index >= 15 is 0 Å². The normalized spacial score (nSPS) is 17.8. The van der Waals surface area contributed by atoms with Crippen molar-refractivity contribution >= 4 is 37.4 Å². The van der Waals surface area contributed by atoms with Crippen LogP contribution in [0.1, 0.15) is 29.7 Å². The van der Waals surface area contributed by atoms with Gasteiger partial charge >= 0.3 is 24.3 Å². The van der Waals surface area contributed by atoms with Gasteiger partial charge in [0.25, 0.3) is 0 Å². The van der Waals surface area contributed by atoms with Gasteiger partial charge in [0, 0.05) is 17.6 Å². The second-order valence-electron chi connectivity index (χ2n) is 8.77. The van der Waals surface area contributed by atoms with Gasteiger partial charge in [0.1, 0.15) is 6.04 Å². The maximum atomic E-state index is 13.7. The molecule has 3 rings (SSSR count). The summed E-state index contributed by atoms with van der Waals surface area (Å²) >= 11 is 0. The highest BCUT2D eigenvalue weighted by Crippen LogP contribution is 2.44. The predicted octanol–water partition coefficient (Wildman–Crippen LogP) is 5.22. The summed E-state index contributed by atoms with van der Waals surface area (Å²) < 4.78 is 121. The summed E-state index contributed by atoms with van der Waals surface area (Å²) in [6, 6.07) is 4.09. The summed E-state index contributed by atoms with van der Waals surface area (Å²) in [6.07, 6.45) is -9.28. The maximum Gasteiger partial charge on any atom is 0.474 e. The first-order chi connectivity index (χ1) is 19.1. The number of hydrogen-bond acceptors (Lipinski definition) is 6. The number of amides is 3.